The lowest BCUT2D eigenvalue weighted by molar-refractivity contribution is 0.00578. The average Bonchev–Trinajstić information content (AvgIpc) is 0.804. The molecule has 0 aliphatic carbocycles. The van der Waals surface area contributed by atoms with Crippen molar-refractivity contribution in [2.24, 2.45) is 0 Å². The Hall–Kier alpha value is -9.94. The van der Waals surface area contributed by atoms with Gasteiger partial charge in [0.2, 0.25) is 0 Å². The van der Waals surface area contributed by atoms with Gasteiger partial charge in [0.25, 0.3) is 0 Å². The molecule has 0 saturated carbocycles. The standard InChI is InChI=1S/C40H26.C24H15Br.C22H23BO2/c1-2-12-31-26-32(25-20-27(31)10-1)40-37-17-7-5-15-35(37)39(36-16-6-8-18-38(36)40)30-23-21-29(22-24-30)34-19-9-13-28-11-3-4-14-33(28)34;25-24-21-11-5-3-9-19(21)23(20-10-4-6-12-22(20)24)18-14-13-16-7-1-2-8-17(16)15-18;1-21(2)22(3,4)25-23(24-21)18-14-12-17(13-15-18)20-11-7-9-16-8-5-6-10-19(16)20/h1-26H;1-15H;5-15H,1-4H3/i3D,4D,5D,6D,7D,8D,9D,11D,13D,14D,15D,16D,17D,18D,19D,21D,22D,23D,24D;3D,4D,5D,6D,9D,10D,11D,12D;5D,6D,7D,8D,9D,10D,11D,12D,13D,14D,15D. The van der Waals surface area contributed by atoms with Gasteiger partial charge in [0.1, 0.15) is 0 Å². The molecule has 2 nitrogen and oxygen atoms in total. The van der Waals surface area contributed by atoms with Crippen molar-refractivity contribution in [2.75, 3.05) is 0 Å². The molecule has 90 heavy (non-hydrogen) atoms. The first-order valence-corrected chi connectivity index (χ1v) is 28.8. The van der Waals surface area contributed by atoms with E-state index >= 15 is 0 Å². The number of benzene rings is 16. The largest absolute Gasteiger partial charge is 0.494 e. The highest BCUT2D eigenvalue weighted by Gasteiger charge is 2.51. The SMILES string of the molecule is [2H]c1c([2H])c(-c2c([2H])c([2H])c([2H])c3c([2H])c([2H])c([2H])c([2H])c23)c([2H])c([2H])c1B1OC(C)(C)C(C)(C)O1.[2H]c1c([2H])c(-c2c3c([2H])c([2H])c([2H])c([2H])c3c(-c3ccc4ccccc4c3)c3c([2H])c([2H])c([2H])c([2H])c23)c([2H])c([2H])c1-c1c([2H])c([2H])c([2H])c2c([2H])c([2H])c([2H])c([2H])c12.[2H]c1c([2H])c([2H])c2c(-c3ccc4ccccc4c3)c3c([2H])c([2H])c([2H])c([2H])c3c(Br)c2c1[2H]. The van der Waals surface area contributed by atoms with E-state index in [1.807, 2.05) is 54.6 Å². The van der Waals surface area contributed by atoms with Crippen molar-refractivity contribution in [3.8, 4) is 55.6 Å². The van der Waals surface area contributed by atoms with Crippen LogP contribution in [-0.4, -0.2) is 18.3 Å². The van der Waals surface area contributed by atoms with Crippen LogP contribution >= 0.6 is 15.9 Å². The summed E-state index contributed by atoms with van der Waals surface area (Å²) in [4.78, 5) is 0. The lowest BCUT2D eigenvalue weighted by atomic mass is 9.78. The number of halogens is 1. The van der Waals surface area contributed by atoms with Crippen LogP contribution in [0.3, 0.4) is 0 Å². The summed E-state index contributed by atoms with van der Waals surface area (Å²) in [5, 5.41) is 1.39. The van der Waals surface area contributed by atoms with Crippen LogP contribution in [0.4, 0.5) is 0 Å². The van der Waals surface area contributed by atoms with Gasteiger partial charge in [-0.15, -0.1) is 0 Å². The van der Waals surface area contributed by atoms with E-state index in [4.69, 9.17) is 50.4 Å². The smallest absolute Gasteiger partial charge is 0.399 e. The van der Waals surface area contributed by atoms with E-state index in [0.29, 0.717) is 22.1 Å². The van der Waals surface area contributed by atoms with Crippen molar-refractivity contribution >= 4 is 115 Å². The van der Waals surface area contributed by atoms with Crippen molar-refractivity contribution < 1.29 is 61.4 Å². The predicted molar refractivity (Wildman–Crippen MR) is 390 cm³/mol. The van der Waals surface area contributed by atoms with Gasteiger partial charge in [-0.05, 0) is 203 Å². The molecule has 1 heterocycles. The number of hydrogen-bond acceptors (Lipinski definition) is 2. The summed E-state index contributed by atoms with van der Waals surface area (Å²) in [7, 11) is -1.20. The Morgan fingerprint density at radius 2 is 0.600 bits per heavy atom. The number of hydrogen-bond donors (Lipinski definition) is 0. The Kier molecular flexibility index (Phi) is 7.51. The lowest BCUT2D eigenvalue weighted by Gasteiger charge is -2.32. The molecule has 0 atom stereocenters. The van der Waals surface area contributed by atoms with Gasteiger partial charge in [-0.3, -0.25) is 0 Å². The fraction of sp³-hybridized carbons (Fsp3) is 0.0698. The summed E-state index contributed by atoms with van der Waals surface area (Å²) in [5.41, 5.74) is -3.57. The summed E-state index contributed by atoms with van der Waals surface area (Å²) in [6, 6.07) is 1.99. The molecule has 0 bridgehead atoms. The van der Waals surface area contributed by atoms with Crippen LogP contribution in [0.5, 0.6) is 0 Å². The maximum Gasteiger partial charge on any atom is 0.494 e. The molecule has 0 spiro atoms. The number of fused-ring (bicyclic) bond motifs is 8. The molecular formula is C86H64BBrO2. The predicted octanol–water partition coefficient (Wildman–Crippen LogP) is 23.7. The van der Waals surface area contributed by atoms with Crippen LogP contribution in [0.2, 0.25) is 0 Å². The third kappa shape index (κ3) is 10.4. The first-order chi connectivity index (χ1) is 59.9. The molecule has 0 aromatic heterocycles. The van der Waals surface area contributed by atoms with Crippen LogP contribution in [-0.2, 0) is 9.31 Å². The summed E-state index contributed by atoms with van der Waals surface area (Å²) >= 11 is 3.42. The maximum absolute atomic E-state index is 9.44. The molecule has 0 radical (unpaired) electrons. The fourth-order valence-corrected chi connectivity index (χ4v) is 11.4. The fourth-order valence-electron chi connectivity index (χ4n) is 10.8. The second-order valence-electron chi connectivity index (χ2n) is 21.7. The minimum atomic E-state index is -1.20. The van der Waals surface area contributed by atoms with Gasteiger partial charge in [-0.2, -0.15) is 0 Å². The van der Waals surface area contributed by atoms with E-state index in [1.165, 1.54) is 0 Å². The monoisotopic (exact) mass is 1260 g/mol. The maximum atomic E-state index is 9.44. The molecule has 430 valence electrons. The van der Waals surface area contributed by atoms with Gasteiger partial charge < -0.3 is 9.31 Å². The van der Waals surface area contributed by atoms with E-state index in [-0.39, 0.29) is 99.1 Å². The Morgan fingerprint density at radius 3 is 1.01 bits per heavy atom. The zero-order chi connectivity index (χ0) is 94.0. The molecular weight excluding hydrogens is 1160 g/mol. The first-order valence-electron chi connectivity index (χ1n) is 47.0. The highest BCUT2D eigenvalue weighted by molar-refractivity contribution is 9.10. The topological polar surface area (TPSA) is 18.5 Å². The van der Waals surface area contributed by atoms with Crippen LogP contribution < -0.4 is 5.46 Å². The normalized spacial score (nSPS) is 19.4. The summed E-state index contributed by atoms with van der Waals surface area (Å²) < 4.78 is 340. The molecule has 0 unspecified atom stereocenters. The van der Waals surface area contributed by atoms with Crippen molar-refractivity contribution in [1.29, 1.82) is 0 Å². The van der Waals surface area contributed by atoms with E-state index in [2.05, 4.69) is 15.9 Å². The molecule has 4 heteroatoms. The van der Waals surface area contributed by atoms with E-state index in [9.17, 15) is 11.0 Å². The van der Waals surface area contributed by atoms with Crippen molar-refractivity contribution in [1.82, 2.24) is 0 Å². The van der Waals surface area contributed by atoms with Gasteiger partial charge in [0.05, 0.1) is 63.3 Å². The van der Waals surface area contributed by atoms with Crippen LogP contribution in [0.1, 0.15) is 79.8 Å². The van der Waals surface area contributed by atoms with Crippen LogP contribution in [0, 0.1) is 0 Å². The highest BCUT2D eigenvalue weighted by atomic mass is 79.9. The van der Waals surface area contributed by atoms with Gasteiger partial charge in [0.15, 0.2) is 0 Å². The molecule has 1 aliphatic rings. The summed E-state index contributed by atoms with van der Waals surface area (Å²) in [6.07, 6.45) is 0. The molecule has 1 aliphatic heterocycles. The quantitative estimate of drug-likeness (QED) is 0.122. The molecule has 0 amide bonds. The molecule has 1 fully saturated rings. The zero-order valence-corrected chi connectivity index (χ0v) is 49.4. The third-order valence-electron chi connectivity index (χ3n) is 15.9. The molecule has 16 aromatic carbocycles. The number of rotatable bonds is 6. The second kappa shape index (κ2) is 23.5. The average molecular weight is 1260 g/mol. The summed E-state index contributed by atoms with van der Waals surface area (Å²) in [5.74, 6) is 0. The Morgan fingerprint density at radius 1 is 0.289 bits per heavy atom. The van der Waals surface area contributed by atoms with Gasteiger partial charge in [-0.1, -0.05) is 302 Å². The van der Waals surface area contributed by atoms with Gasteiger partial charge in [-0.25, -0.2) is 0 Å². The van der Waals surface area contributed by atoms with Gasteiger partial charge in [0, 0.05) is 4.47 Å². The highest BCUT2D eigenvalue weighted by Crippen LogP contribution is 2.46. The van der Waals surface area contributed by atoms with Crippen molar-refractivity contribution in [3.05, 3.63) is 319 Å². The molecule has 16 aromatic rings. The van der Waals surface area contributed by atoms with Crippen molar-refractivity contribution in [3.63, 3.8) is 0 Å². The molecule has 1 saturated heterocycles. The van der Waals surface area contributed by atoms with E-state index < -0.39 is 262 Å². The Balaban J connectivity index is 0.000000157. The Labute approximate surface area is 588 Å². The minimum Gasteiger partial charge on any atom is -0.399 e. The molecule has 0 N–H and O–H groups in total. The van der Waals surface area contributed by atoms with Crippen LogP contribution in [0.15, 0.2) is 319 Å². The van der Waals surface area contributed by atoms with Crippen molar-refractivity contribution in [2.45, 2.75) is 38.9 Å². The molecule has 17 rings (SSSR count). The third-order valence-corrected chi connectivity index (χ3v) is 16.7. The van der Waals surface area contributed by atoms with E-state index in [0.717, 1.165) is 16.2 Å². The summed E-state index contributed by atoms with van der Waals surface area (Å²) in [6.45, 7) is 7.12. The van der Waals surface area contributed by atoms with E-state index in [1.54, 1.807) is 58.0 Å². The lowest BCUT2D eigenvalue weighted by Crippen LogP contribution is -2.41. The minimum absolute atomic E-state index is 0.00768. The zero-order valence-electron chi connectivity index (χ0n) is 85.9. The van der Waals surface area contributed by atoms with Gasteiger partial charge >= 0.3 is 7.12 Å². The van der Waals surface area contributed by atoms with Crippen LogP contribution in [0.25, 0.3) is 142 Å². The first kappa shape index (κ1) is 28.7. The second-order valence-corrected chi connectivity index (χ2v) is 22.5. The Bertz CT molecular complexity index is 7520.